The van der Waals surface area contributed by atoms with E-state index in [1.807, 2.05) is 17.5 Å². The minimum Gasteiger partial charge on any atom is -0.420 e. The highest BCUT2D eigenvalue weighted by Gasteiger charge is 2.09. The molecule has 4 nitrogen and oxygen atoms in total. The minimum atomic E-state index is 0.506. The Morgan fingerprint density at radius 2 is 2.05 bits per heavy atom. The fourth-order valence-corrected chi connectivity index (χ4v) is 3.03. The topological polar surface area (TPSA) is 51.8 Å². The van der Waals surface area contributed by atoms with E-state index in [-0.39, 0.29) is 0 Å². The molecule has 0 aliphatic carbocycles. The number of aromatic nitrogens is 3. The quantitative estimate of drug-likeness (QED) is 0.678. The van der Waals surface area contributed by atoms with Gasteiger partial charge in [0, 0.05) is 22.2 Å². The molecule has 0 saturated heterocycles. The van der Waals surface area contributed by atoms with Crippen LogP contribution in [0.4, 0.5) is 0 Å². The van der Waals surface area contributed by atoms with Crippen LogP contribution >= 0.6 is 34.7 Å². The van der Waals surface area contributed by atoms with Crippen LogP contribution in [-0.4, -0.2) is 15.2 Å². The molecule has 3 aromatic rings. The van der Waals surface area contributed by atoms with E-state index >= 15 is 0 Å². The lowest BCUT2D eigenvalue weighted by Gasteiger charge is -1.94. The zero-order valence-corrected chi connectivity index (χ0v) is 12.0. The molecule has 7 heteroatoms. The zero-order chi connectivity index (χ0) is 13.1. The standard InChI is InChI=1S/C12H8ClN3OS2/c13-9-3-1-8(2-4-9)11-16-15-10(17-11)7-19-12-14-5-6-18-12/h1-6H,7H2. The molecule has 0 aliphatic heterocycles. The van der Waals surface area contributed by atoms with E-state index < -0.39 is 0 Å². The van der Waals surface area contributed by atoms with Gasteiger partial charge in [0.05, 0.1) is 5.75 Å². The summed E-state index contributed by atoms with van der Waals surface area (Å²) >= 11 is 9.01. The molecule has 0 bridgehead atoms. The third kappa shape index (κ3) is 3.15. The third-order valence-electron chi connectivity index (χ3n) is 2.29. The van der Waals surface area contributed by atoms with Gasteiger partial charge in [0.25, 0.3) is 0 Å². The average molecular weight is 310 g/mol. The van der Waals surface area contributed by atoms with Crippen molar-refractivity contribution in [3.05, 3.63) is 46.8 Å². The van der Waals surface area contributed by atoms with Crippen molar-refractivity contribution in [2.24, 2.45) is 0 Å². The fraction of sp³-hybridized carbons (Fsp3) is 0.0833. The Labute approximate surface area is 122 Å². The van der Waals surface area contributed by atoms with Gasteiger partial charge in [-0.25, -0.2) is 4.98 Å². The molecule has 0 amide bonds. The molecule has 0 unspecified atom stereocenters. The highest BCUT2D eigenvalue weighted by molar-refractivity contribution is 8.00. The SMILES string of the molecule is Clc1ccc(-c2nnc(CSc3nccs3)o2)cc1. The summed E-state index contributed by atoms with van der Waals surface area (Å²) in [6.45, 7) is 0. The monoisotopic (exact) mass is 309 g/mol. The molecule has 0 N–H and O–H groups in total. The number of thiazole rings is 1. The first-order valence-electron chi connectivity index (χ1n) is 5.42. The number of thioether (sulfide) groups is 1. The molecular weight excluding hydrogens is 302 g/mol. The lowest BCUT2D eigenvalue weighted by atomic mass is 10.2. The van der Waals surface area contributed by atoms with Crippen LogP contribution in [0.1, 0.15) is 5.89 Å². The Morgan fingerprint density at radius 3 is 2.79 bits per heavy atom. The van der Waals surface area contributed by atoms with Crippen LogP contribution in [-0.2, 0) is 5.75 Å². The van der Waals surface area contributed by atoms with Crippen LogP contribution in [0.3, 0.4) is 0 Å². The molecule has 96 valence electrons. The predicted octanol–water partition coefficient (Wildman–Crippen LogP) is 4.14. The normalized spacial score (nSPS) is 10.8. The van der Waals surface area contributed by atoms with Gasteiger partial charge in [-0.05, 0) is 24.3 Å². The summed E-state index contributed by atoms with van der Waals surface area (Å²) in [6, 6.07) is 7.30. The number of benzene rings is 1. The van der Waals surface area contributed by atoms with Gasteiger partial charge in [-0.1, -0.05) is 23.4 Å². The van der Waals surface area contributed by atoms with Gasteiger partial charge in [-0.2, -0.15) is 0 Å². The highest BCUT2D eigenvalue weighted by Crippen LogP contribution is 2.26. The average Bonchev–Trinajstić information content (AvgIpc) is 3.09. The molecule has 0 saturated carbocycles. The van der Waals surface area contributed by atoms with Gasteiger partial charge in [0.2, 0.25) is 11.8 Å². The first-order valence-corrected chi connectivity index (χ1v) is 7.66. The molecule has 0 atom stereocenters. The van der Waals surface area contributed by atoms with Crippen LogP contribution in [0.2, 0.25) is 5.02 Å². The Hall–Kier alpha value is -1.37. The second-order valence-corrected chi connectivity index (χ2v) is 6.15. The zero-order valence-electron chi connectivity index (χ0n) is 9.62. The van der Waals surface area contributed by atoms with Crippen molar-refractivity contribution in [3.63, 3.8) is 0 Å². The van der Waals surface area contributed by atoms with E-state index in [0.717, 1.165) is 9.90 Å². The van der Waals surface area contributed by atoms with E-state index in [1.165, 1.54) is 0 Å². The van der Waals surface area contributed by atoms with Gasteiger partial charge in [-0.3, -0.25) is 0 Å². The summed E-state index contributed by atoms with van der Waals surface area (Å²) in [5, 5.41) is 10.7. The van der Waals surface area contributed by atoms with Crippen LogP contribution in [0, 0.1) is 0 Å². The van der Waals surface area contributed by atoms with Gasteiger partial charge in [0.1, 0.15) is 4.34 Å². The summed E-state index contributed by atoms with van der Waals surface area (Å²) < 4.78 is 6.59. The Bertz CT molecular complexity index is 652. The number of hydrogen-bond acceptors (Lipinski definition) is 6. The molecule has 1 aromatic carbocycles. The summed E-state index contributed by atoms with van der Waals surface area (Å²) in [7, 11) is 0. The van der Waals surface area contributed by atoms with Crippen LogP contribution < -0.4 is 0 Å². The van der Waals surface area contributed by atoms with Crippen LogP contribution in [0.25, 0.3) is 11.5 Å². The largest absolute Gasteiger partial charge is 0.420 e. The summed E-state index contributed by atoms with van der Waals surface area (Å²) in [4.78, 5) is 4.18. The smallest absolute Gasteiger partial charge is 0.247 e. The van der Waals surface area contributed by atoms with Gasteiger partial charge in [0.15, 0.2) is 0 Å². The predicted molar refractivity (Wildman–Crippen MR) is 76.4 cm³/mol. The number of rotatable bonds is 4. The van der Waals surface area contributed by atoms with E-state index in [9.17, 15) is 0 Å². The Kier molecular flexibility index (Phi) is 3.82. The Morgan fingerprint density at radius 1 is 1.21 bits per heavy atom. The van der Waals surface area contributed by atoms with E-state index in [0.29, 0.717) is 22.6 Å². The molecule has 0 radical (unpaired) electrons. The lowest BCUT2D eigenvalue weighted by molar-refractivity contribution is 0.528. The molecule has 0 spiro atoms. The van der Waals surface area contributed by atoms with Crippen LogP contribution in [0.5, 0.6) is 0 Å². The molecule has 0 fully saturated rings. The van der Waals surface area contributed by atoms with E-state index in [2.05, 4.69) is 15.2 Å². The van der Waals surface area contributed by atoms with Crippen molar-refractivity contribution in [3.8, 4) is 11.5 Å². The van der Waals surface area contributed by atoms with Gasteiger partial charge in [-0.15, -0.1) is 21.5 Å². The van der Waals surface area contributed by atoms with Crippen molar-refractivity contribution in [2.45, 2.75) is 10.1 Å². The third-order valence-corrected chi connectivity index (χ3v) is 4.49. The first-order chi connectivity index (χ1) is 9.31. The van der Waals surface area contributed by atoms with Gasteiger partial charge >= 0.3 is 0 Å². The summed E-state index contributed by atoms with van der Waals surface area (Å²) in [6.07, 6.45) is 1.78. The second-order valence-electron chi connectivity index (χ2n) is 3.59. The van der Waals surface area contributed by atoms with Crippen LogP contribution in [0.15, 0.2) is 44.6 Å². The number of hydrogen-bond donors (Lipinski definition) is 0. The summed E-state index contributed by atoms with van der Waals surface area (Å²) in [5.74, 6) is 1.71. The molecular formula is C12H8ClN3OS2. The van der Waals surface area contributed by atoms with Crippen molar-refractivity contribution in [1.82, 2.24) is 15.2 Å². The highest BCUT2D eigenvalue weighted by atomic mass is 35.5. The van der Waals surface area contributed by atoms with Crippen molar-refractivity contribution >= 4 is 34.7 Å². The molecule has 0 aliphatic rings. The molecule has 19 heavy (non-hydrogen) atoms. The van der Waals surface area contributed by atoms with Gasteiger partial charge < -0.3 is 4.42 Å². The van der Waals surface area contributed by atoms with Crippen molar-refractivity contribution in [1.29, 1.82) is 0 Å². The Balaban J connectivity index is 1.70. The number of nitrogens with zero attached hydrogens (tertiary/aromatic N) is 3. The van der Waals surface area contributed by atoms with E-state index in [1.54, 1.807) is 41.4 Å². The van der Waals surface area contributed by atoms with E-state index in [4.69, 9.17) is 16.0 Å². The molecule has 2 aromatic heterocycles. The van der Waals surface area contributed by atoms with Crippen molar-refractivity contribution in [2.75, 3.05) is 0 Å². The molecule has 2 heterocycles. The number of halogens is 1. The maximum absolute atomic E-state index is 5.84. The minimum absolute atomic E-state index is 0.506. The van der Waals surface area contributed by atoms with Crippen molar-refractivity contribution < 1.29 is 4.42 Å². The molecule has 3 rings (SSSR count). The first kappa shape index (κ1) is 12.7. The maximum Gasteiger partial charge on any atom is 0.247 e. The summed E-state index contributed by atoms with van der Waals surface area (Å²) in [5.41, 5.74) is 0.863. The lowest BCUT2D eigenvalue weighted by Crippen LogP contribution is -1.79. The second kappa shape index (κ2) is 5.73. The maximum atomic E-state index is 5.84. The fourth-order valence-electron chi connectivity index (χ4n) is 1.43.